The van der Waals surface area contributed by atoms with Crippen molar-refractivity contribution in [2.75, 3.05) is 13.2 Å². The van der Waals surface area contributed by atoms with E-state index in [1.165, 1.54) is 0 Å². The molecule has 4 saturated heterocycles. The van der Waals surface area contributed by atoms with Crippen LogP contribution in [-0.4, -0.2) is 70.7 Å². The van der Waals surface area contributed by atoms with Crippen molar-refractivity contribution in [3.05, 3.63) is 36.3 Å². The molecule has 5 spiro atoms. The topological polar surface area (TPSA) is 145 Å². The molecule has 2 N–H and O–H groups in total. The average molecular weight is 595 g/mol. The molecule has 0 aromatic carbocycles. The maximum Gasteiger partial charge on any atom is 0.339 e. The summed E-state index contributed by atoms with van der Waals surface area (Å²) in [6, 6.07) is 1.79. The molecule has 0 unspecified atom stereocenters. The Balaban J connectivity index is 1.30. The fourth-order valence-corrected chi connectivity index (χ4v) is 12.5. The number of ether oxygens (including phenoxy) is 4. The third kappa shape index (κ3) is 2.42. The zero-order chi connectivity index (χ0) is 30.0. The van der Waals surface area contributed by atoms with Crippen LogP contribution >= 0.6 is 0 Å². The van der Waals surface area contributed by atoms with Crippen molar-refractivity contribution in [1.82, 2.24) is 0 Å². The summed E-state index contributed by atoms with van der Waals surface area (Å²) in [5, 5.41) is 22.6. The van der Waals surface area contributed by atoms with Crippen molar-refractivity contribution < 1.29 is 48.0 Å². The normalized spacial score (nSPS) is 55.0. The number of ketones is 1. The maximum absolute atomic E-state index is 15.1. The summed E-state index contributed by atoms with van der Waals surface area (Å²) in [7, 11) is 0. The number of rotatable bonds is 2. The maximum atomic E-state index is 15.1. The molecule has 5 aliphatic carbocycles. The zero-order valence-electron chi connectivity index (χ0n) is 24.7. The van der Waals surface area contributed by atoms with E-state index in [-0.39, 0.29) is 36.8 Å². The van der Waals surface area contributed by atoms with Crippen LogP contribution in [0.25, 0.3) is 0 Å². The van der Waals surface area contributed by atoms with Gasteiger partial charge in [0.1, 0.15) is 24.4 Å². The van der Waals surface area contributed by atoms with Crippen molar-refractivity contribution in [2.45, 2.75) is 94.9 Å². The number of cyclic esters (lactones) is 2. The first-order valence-corrected chi connectivity index (χ1v) is 15.7. The number of aliphatic hydroxyl groups is 2. The van der Waals surface area contributed by atoms with Gasteiger partial charge in [0.25, 0.3) is 0 Å². The molecule has 1 aromatic heterocycles. The molecule has 10 heteroatoms. The highest BCUT2D eigenvalue weighted by Gasteiger charge is 2.95. The Labute approximate surface area is 249 Å². The first kappa shape index (κ1) is 26.8. The summed E-state index contributed by atoms with van der Waals surface area (Å²) >= 11 is 0. The Morgan fingerprint density at radius 1 is 1.02 bits per heavy atom. The first-order valence-electron chi connectivity index (χ1n) is 15.7. The SMILES string of the molecule is CC1(C)O[C@H]2[C@@]3(CC[C@@H](CO)C3)C(=O)OC[C@@]23[C@@H]2CC[C@@]4(C)[C@H](c5ccoc5)OC(=O)[C@H]5O[C@@]54[C@@]24CC=C[C@]13C(=O)[C@H]4O. The van der Waals surface area contributed by atoms with Gasteiger partial charge < -0.3 is 33.6 Å². The van der Waals surface area contributed by atoms with Crippen molar-refractivity contribution in [2.24, 2.45) is 38.9 Å². The third-order valence-corrected chi connectivity index (χ3v) is 14.0. The Morgan fingerprint density at radius 2 is 1.84 bits per heavy atom. The van der Waals surface area contributed by atoms with Crippen LogP contribution in [0.4, 0.5) is 0 Å². The molecule has 10 rings (SSSR count). The Kier molecular flexibility index (Phi) is 4.76. The fourth-order valence-electron chi connectivity index (χ4n) is 12.5. The lowest BCUT2D eigenvalue weighted by molar-refractivity contribution is -0.273. The van der Waals surface area contributed by atoms with Crippen molar-refractivity contribution in [3.63, 3.8) is 0 Å². The number of carbonyl (C=O) groups excluding carboxylic acids is 3. The van der Waals surface area contributed by atoms with E-state index in [9.17, 15) is 19.8 Å². The molecule has 7 fully saturated rings. The molecule has 0 amide bonds. The van der Waals surface area contributed by atoms with Crippen LogP contribution in [0.3, 0.4) is 0 Å². The molecule has 12 atom stereocenters. The largest absolute Gasteiger partial charge is 0.472 e. The fraction of sp³-hybridized carbons (Fsp3) is 0.727. The van der Waals surface area contributed by atoms with Gasteiger partial charge in [-0.05, 0) is 70.3 Å². The number of hydrogen-bond acceptors (Lipinski definition) is 10. The number of Topliss-reactive ketones (excluding diaryl/α,β-unsaturated/α-hetero) is 1. The van der Waals surface area contributed by atoms with E-state index >= 15 is 4.79 Å². The van der Waals surface area contributed by atoms with E-state index < -0.39 is 68.7 Å². The average Bonchev–Trinajstić information content (AvgIpc) is 3.28. The van der Waals surface area contributed by atoms with Gasteiger partial charge in [-0.3, -0.25) is 9.59 Å². The highest BCUT2D eigenvalue weighted by Crippen LogP contribution is 2.85. The molecule has 230 valence electrons. The predicted molar refractivity (Wildman–Crippen MR) is 145 cm³/mol. The quantitative estimate of drug-likeness (QED) is 0.298. The van der Waals surface area contributed by atoms with Crippen LogP contribution in [0.2, 0.25) is 0 Å². The molecule has 1 aromatic rings. The summed E-state index contributed by atoms with van der Waals surface area (Å²) in [6.45, 7) is 5.78. The van der Waals surface area contributed by atoms with E-state index in [1.807, 2.05) is 32.9 Å². The van der Waals surface area contributed by atoms with E-state index in [4.69, 9.17) is 23.4 Å². The highest BCUT2D eigenvalue weighted by molar-refractivity contribution is 5.98. The van der Waals surface area contributed by atoms with Gasteiger partial charge >= 0.3 is 11.9 Å². The molecule has 0 radical (unpaired) electrons. The monoisotopic (exact) mass is 594 g/mol. The highest BCUT2D eigenvalue weighted by atomic mass is 16.7. The Morgan fingerprint density at radius 3 is 2.56 bits per heavy atom. The van der Waals surface area contributed by atoms with Crippen molar-refractivity contribution >= 4 is 17.7 Å². The molecule has 5 heterocycles. The molecule has 2 bridgehead atoms. The van der Waals surface area contributed by atoms with Crippen LogP contribution in [0, 0.1) is 38.9 Å². The Bertz CT molecular complexity index is 1500. The lowest BCUT2D eigenvalue weighted by Crippen LogP contribution is -2.80. The van der Waals surface area contributed by atoms with Crippen LogP contribution in [0.1, 0.15) is 71.0 Å². The van der Waals surface area contributed by atoms with Gasteiger partial charge in [-0.25, -0.2) is 4.79 Å². The van der Waals surface area contributed by atoms with Crippen LogP contribution in [0.5, 0.6) is 0 Å². The molecule has 4 aliphatic heterocycles. The number of carbonyl (C=O) groups is 3. The van der Waals surface area contributed by atoms with Crippen LogP contribution in [0.15, 0.2) is 35.2 Å². The number of allylic oxidation sites excluding steroid dienone is 1. The smallest absolute Gasteiger partial charge is 0.339 e. The van der Waals surface area contributed by atoms with Gasteiger partial charge in [-0.1, -0.05) is 19.1 Å². The predicted octanol–water partition coefficient (Wildman–Crippen LogP) is 2.81. The molecular weight excluding hydrogens is 556 g/mol. The van der Waals surface area contributed by atoms with Crippen molar-refractivity contribution in [1.29, 1.82) is 0 Å². The second-order valence-electron chi connectivity index (χ2n) is 15.4. The summed E-state index contributed by atoms with van der Waals surface area (Å²) < 4.78 is 31.3. The van der Waals surface area contributed by atoms with E-state index in [2.05, 4.69) is 0 Å². The zero-order valence-corrected chi connectivity index (χ0v) is 24.7. The molecular formula is C33H38O10. The number of furan rings is 1. The van der Waals surface area contributed by atoms with Gasteiger partial charge in [0.05, 0.1) is 40.5 Å². The first-order chi connectivity index (χ1) is 20.4. The van der Waals surface area contributed by atoms with Gasteiger partial charge in [-0.15, -0.1) is 0 Å². The lowest BCUT2D eigenvalue weighted by Gasteiger charge is -2.69. The van der Waals surface area contributed by atoms with E-state index in [0.29, 0.717) is 44.1 Å². The standard InChI is InChI=1S/C33H38O10/c1-27(2)32-9-4-8-30(20(35)21(32)36)19(31(32)16-40-26(38)29(25(31)43-27)11-5-17(13-29)14-34)6-10-28(3)22(18-7-12-39-15-18)41-24(37)23-33(28,30)42-23/h4,7,9,12,15,17,19-20,22-23,25,34-35H,5-6,8,10-11,13-14,16H2,1-3H3/t17-,19-,20-,22+,23-,25+,28+,29+,30+,31-,32+,33+/m1/s1. The minimum Gasteiger partial charge on any atom is -0.472 e. The molecule has 9 aliphatic rings. The van der Waals surface area contributed by atoms with Crippen LogP contribution in [-0.2, 0) is 33.3 Å². The minimum absolute atomic E-state index is 0.0201. The van der Waals surface area contributed by atoms with Gasteiger partial charge in [-0.2, -0.15) is 0 Å². The number of esters is 2. The van der Waals surface area contributed by atoms with Crippen LogP contribution < -0.4 is 0 Å². The van der Waals surface area contributed by atoms with Crippen molar-refractivity contribution in [3.8, 4) is 0 Å². The summed E-state index contributed by atoms with van der Waals surface area (Å²) in [5.41, 5.74) is -6.81. The second-order valence-corrected chi connectivity index (χ2v) is 15.4. The summed E-state index contributed by atoms with van der Waals surface area (Å²) in [4.78, 5) is 42.5. The summed E-state index contributed by atoms with van der Waals surface area (Å²) in [5.74, 6) is -1.65. The van der Waals surface area contributed by atoms with Gasteiger partial charge in [0, 0.05) is 23.0 Å². The van der Waals surface area contributed by atoms with Gasteiger partial charge in [0.2, 0.25) is 0 Å². The number of hydrogen-bond donors (Lipinski definition) is 2. The van der Waals surface area contributed by atoms with Gasteiger partial charge in [0.15, 0.2) is 11.9 Å². The second kappa shape index (κ2) is 7.63. The summed E-state index contributed by atoms with van der Waals surface area (Å²) in [6.07, 6.45) is 6.39. The molecule has 3 saturated carbocycles. The molecule has 43 heavy (non-hydrogen) atoms. The third-order valence-electron chi connectivity index (χ3n) is 14.0. The number of fused-ring (bicyclic) bond motifs is 3. The Hall–Kier alpha value is -2.53. The molecule has 10 nitrogen and oxygen atoms in total. The van der Waals surface area contributed by atoms with E-state index in [1.54, 1.807) is 18.6 Å². The minimum atomic E-state index is -1.44. The lowest BCUT2D eigenvalue weighted by atomic mass is 9.32. The number of epoxide rings is 1. The van der Waals surface area contributed by atoms with E-state index in [0.717, 1.165) is 0 Å². The number of aliphatic hydroxyl groups excluding tert-OH is 2.